The minimum absolute atomic E-state index is 0.0152. The van der Waals surface area contributed by atoms with E-state index in [0.29, 0.717) is 6.42 Å². The lowest BCUT2D eigenvalue weighted by Crippen LogP contribution is -2.43. The summed E-state index contributed by atoms with van der Waals surface area (Å²) in [7, 11) is 3.11. The number of Topliss-reactive ketones (excluding diaryl/α,β-unsaturated/α-hetero) is 1. The summed E-state index contributed by atoms with van der Waals surface area (Å²) in [5, 5.41) is 16.2. The molecule has 0 bridgehead atoms. The molecule has 3 rings (SSSR count). The first kappa shape index (κ1) is 24.6. The van der Waals surface area contributed by atoms with Gasteiger partial charge >= 0.3 is 0 Å². The SMILES string of the molecule is CC(C)[C@@H](Nc1c(Nc2cccc(C(=O)N(C)C)c2O)c(=O)c1=O)C(=O)CCc1ccccn1. The van der Waals surface area contributed by atoms with Gasteiger partial charge in [0.1, 0.15) is 11.4 Å². The van der Waals surface area contributed by atoms with Crippen molar-refractivity contribution in [2.24, 2.45) is 5.92 Å². The number of anilines is 3. The number of phenolic OH excluding ortho intramolecular Hbond substituents is 1. The first-order chi connectivity index (χ1) is 16.1. The number of hydrogen-bond donors (Lipinski definition) is 3. The molecular formula is C25H28N4O5. The van der Waals surface area contributed by atoms with Crippen LogP contribution in [0.3, 0.4) is 0 Å². The van der Waals surface area contributed by atoms with E-state index in [-0.39, 0.29) is 46.5 Å². The number of carbonyl (C=O) groups is 2. The van der Waals surface area contributed by atoms with E-state index in [1.54, 1.807) is 32.4 Å². The molecule has 3 N–H and O–H groups in total. The van der Waals surface area contributed by atoms with Crippen molar-refractivity contribution in [3.8, 4) is 5.75 Å². The van der Waals surface area contributed by atoms with Crippen LogP contribution in [0.5, 0.6) is 5.75 Å². The van der Waals surface area contributed by atoms with Gasteiger partial charge in [-0.15, -0.1) is 0 Å². The molecule has 0 unspecified atom stereocenters. The van der Waals surface area contributed by atoms with Gasteiger partial charge in [-0.25, -0.2) is 0 Å². The predicted molar refractivity (Wildman–Crippen MR) is 131 cm³/mol. The summed E-state index contributed by atoms with van der Waals surface area (Å²) in [6.07, 6.45) is 2.35. The van der Waals surface area contributed by atoms with E-state index in [1.807, 2.05) is 26.0 Å². The Labute approximate surface area is 197 Å². The van der Waals surface area contributed by atoms with Gasteiger partial charge in [-0.2, -0.15) is 0 Å². The number of aromatic nitrogens is 1. The summed E-state index contributed by atoms with van der Waals surface area (Å²) in [4.78, 5) is 55.3. The molecule has 2 aromatic carbocycles. The molecule has 0 aliphatic heterocycles. The number of nitrogens with one attached hydrogen (secondary N) is 2. The standard InChI is InChI=1S/C25H28N4O5/c1-14(2)19(18(30)12-11-15-8-5-6-13-26-15)28-21-20(23(32)24(21)33)27-17-10-7-9-16(22(17)31)25(34)29(3)4/h5-10,13-14,19,27-28,31H,11-12H2,1-4H3/t19-/m1/s1. The van der Waals surface area contributed by atoms with Crippen LogP contribution < -0.4 is 21.5 Å². The van der Waals surface area contributed by atoms with Crippen molar-refractivity contribution in [1.82, 2.24) is 9.88 Å². The third-order valence-electron chi connectivity index (χ3n) is 5.51. The fraction of sp³-hybridized carbons (Fsp3) is 0.320. The number of para-hydroxylation sites is 1. The van der Waals surface area contributed by atoms with E-state index < -0.39 is 22.8 Å². The van der Waals surface area contributed by atoms with Gasteiger partial charge in [0.15, 0.2) is 11.5 Å². The van der Waals surface area contributed by atoms with Gasteiger partial charge in [-0.3, -0.25) is 24.2 Å². The molecule has 34 heavy (non-hydrogen) atoms. The number of phenols is 1. The molecule has 3 aromatic rings. The third-order valence-corrected chi connectivity index (χ3v) is 5.51. The minimum atomic E-state index is -0.769. The fourth-order valence-electron chi connectivity index (χ4n) is 3.57. The number of aryl methyl sites for hydroxylation is 1. The lowest BCUT2D eigenvalue weighted by atomic mass is 9.95. The predicted octanol–water partition coefficient (Wildman–Crippen LogP) is 2.47. The van der Waals surface area contributed by atoms with Crippen molar-refractivity contribution >= 4 is 28.8 Å². The Morgan fingerprint density at radius 1 is 1.03 bits per heavy atom. The second kappa shape index (κ2) is 10.3. The quantitative estimate of drug-likeness (QED) is 0.308. The number of benzene rings is 1. The average molecular weight is 465 g/mol. The monoisotopic (exact) mass is 464 g/mol. The molecule has 9 nitrogen and oxygen atoms in total. The van der Waals surface area contributed by atoms with Crippen LogP contribution in [0, 0.1) is 5.92 Å². The molecule has 1 amide bonds. The van der Waals surface area contributed by atoms with E-state index >= 15 is 0 Å². The Morgan fingerprint density at radius 2 is 1.74 bits per heavy atom. The van der Waals surface area contributed by atoms with Gasteiger partial charge in [0.2, 0.25) is 0 Å². The first-order valence-electron chi connectivity index (χ1n) is 10.9. The second-order valence-corrected chi connectivity index (χ2v) is 8.59. The van der Waals surface area contributed by atoms with Crippen molar-refractivity contribution in [3.05, 3.63) is 74.3 Å². The average Bonchev–Trinajstić information content (AvgIpc) is 2.82. The van der Waals surface area contributed by atoms with Crippen LogP contribution in [-0.4, -0.2) is 46.8 Å². The molecule has 0 aliphatic rings. The molecule has 0 radical (unpaired) electrons. The maximum Gasteiger partial charge on any atom is 0.257 e. The molecule has 1 aromatic heterocycles. The Bertz CT molecular complexity index is 1260. The number of carbonyl (C=O) groups excluding carboxylic acids is 2. The van der Waals surface area contributed by atoms with Crippen LogP contribution >= 0.6 is 0 Å². The maximum absolute atomic E-state index is 12.9. The van der Waals surface area contributed by atoms with E-state index in [0.717, 1.165) is 5.69 Å². The largest absolute Gasteiger partial charge is 0.505 e. The summed E-state index contributed by atoms with van der Waals surface area (Å²) >= 11 is 0. The number of pyridine rings is 1. The number of amides is 1. The third kappa shape index (κ3) is 5.14. The zero-order valence-corrected chi connectivity index (χ0v) is 19.6. The molecule has 0 saturated heterocycles. The zero-order valence-electron chi connectivity index (χ0n) is 19.6. The van der Waals surface area contributed by atoms with Crippen LogP contribution in [0.2, 0.25) is 0 Å². The summed E-state index contributed by atoms with van der Waals surface area (Å²) in [5.74, 6) is -1.01. The number of ketones is 1. The second-order valence-electron chi connectivity index (χ2n) is 8.59. The Hall–Kier alpha value is -4.01. The molecule has 1 heterocycles. The van der Waals surface area contributed by atoms with Crippen LogP contribution in [-0.2, 0) is 11.2 Å². The van der Waals surface area contributed by atoms with Gasteiger partial charge in [-0.05, 0) is 36.6 Å². The van der Waals surface area contributed by atoms with Crippen molar-refractivity contribution in [2.75, 3.05) is 24.7 Å². The highest BCUT2D eigenvalue weighted by atomic mass is 16.3. The van der Waals surface area contributed by atoms with E-state index in [2.05, 4.69) is 15.6 Å². The number of hydrogen-bond acceptors (Lipinski definition) is 8. The summed E-state index contributed by atoms with van der Waals surface area (Å²) in [6.45, 7) is 3.69. The smallest absolute Gasteiger partial charge is 0.257 e. The van der Waals surface area contributed by atoms with E-state index in [4.69, 9.17) is 0 Å². The molecule has 1 atom stereocenters. The topological polar surface area (TPSA) is 129 Å². The molecule has 0 spiro atoms. The summed E-state index contributed by atoms with van der Waals surface area (Å²) < 4.78 is 0. The lowest BCUT2D eigenvalue weighted by Gasteiger charge is -2.25. The van der Waals surface area contributed by atoms with E-state index in [1.165, 1.54) is 17.0 Å². The molecule has 9 heteroatoms. The maximum atomic E-state index is 12.9. The van der Waals surface area contributed by atoms with Crippen LogP contribution in [0.25, 0.3) is 0 Å². The number of rotatable bonds is 10. The van der Waals surface area contributed by atoms with E-state index in [9.17, 15) is 24.3 Å². The van der Waals surface area contributed by atoms with Gasteiger partial charge in [0, 0.05) is 32.4 Å². The summed E-state index contributed by atoms with van der Waals surface area (Å²) in [6, 6.07) is 9.29. The van der Waals surface area contributed by atoms with Crippen molar-refractivity contribution < 1.29 is 14.7 Å². The lowest BCUT2D eigenvalue weighted by molar-refractivity contribution is -0.120. The van der Waals surface area contributed by atoms with Crippen molar-refractivity contribution in [1.29, 1.82) is 0 Å². The van der Waals surface area contributed by atoms with Crippen LogP contribution in [0.1, 0.15) is 36.3 Å². The minimum Gasteiger partial charge on any atom is -0.505 e. The molecule has 0 fully saturated rings. The molecule has 178 valence electrons. The van der Waals surface area contributed by atoms with Crippen LogP contribution in [0.15, 0.2) is 52.2 Å². The van der Waals surface area contributed by atoms with Gasteiger partial charge in [-0.1, -0.05) is 26.0 Å². The molecule has 0 aliphatic carbocycles. The Balaban J connectivity index is 1.81. The number of aromatic hydroxyl groups is 1. The Kier molecular flexibility index (Phi) is 7.45. The van der Waals surface area contributed by atoms with Crippen molar-refractivity contribution in [3.63, 3.8) is 0 Å². The molecule has 0 saturated carbocycles. The van der Waals surface area contributed by atoms with Gasteiger partial charge < -0.3 is 20.6 Å². The first-order valence-corrected chi connectivity index (χ1v) is 10.9. The van der Waals surface area contributed by atoms with Crippen LogP contribution in [0.4, 0.5) is 17.1 Å². The highest BCUT2D eigenvalue weighted by molar-refractivity contribution is 5.99. The van der Waals surface area contributed by atoms with Crippen molar-refractivity contribution in [2.45, 2.75) is 32.7 Å². The summed E-state index contributed by atoms with van der Waals surface area (Å²) in [5.41, 5.74) is -0.646. The molecular weight excluding hydrogens is 436 g/mol. The highest BCUT2D eigenvalue weighted by Gasteiger charge is 2.29. The van der Waals surface area contributed by atoms with Gasteiger partial charge in [0.25, 0.3) is 16.8 Å². The number of nitrogens with zero attached hydrogens (tertiary/aromatic N) is 2. The Morgan fingerprint density at radius 3 is 2.35 bits per heavy atom. The highest BCUT2D eigenvalue weighted by Crippen LogP contribution is 2.32. The normalized spacial score (nSPS) is 11.9. The fourth-order valence-corrected chi connectivity index (χ4v) is 3.57. The van der Waals surface area contributed by atoms with Gasteiger partial charge in [0.05, 0.1) is 17.3 Å². The zero-order chi connectivity index (χ0) is 25.0.